The fourth-order valence-corrected chi connectivity index (χ4v) is 3.60. The van der Waals surface area contributed by atoms with Gasteiger partial charge in [-0.05, 0) is 42.3 Å². The molecular formula is C22H16O2S. The highest BCUT2D eigenvalue weighted by atomic mass is 32.1. The Labute approximate surface area is 150 Å². The number of cyclic esters (lactones) is 1. The zero-order valence-electron chi connectivity index (χ0n) is 13.7. The number of benzene rings is 2. The Balaban J connectivity index is 1.61. The van der Waals surface area contributed by atoms with Crippen LogP contribution < -0.4 is 0 Å². The molecule has 0 saturated heterocycles. The van der Waals surface area contributed by atoms with Crippen molar-refractivity contribution >= 4 is 29.1 Å². The molecule has 1 aliphatic heterocycles. The minimum atomic E-state index is -0.298. The number of esters is 1. The van der Waals surface area contributed by atoms with Gasteiger partial charge in [0.15, 0.2) is 0 Å². The third-order valence-electron chi connectivity index (χ3n) is 4.06. The molecule has 1 aliphatic rings. The van der Waals surface area contributed by atoms with Crippen LogP contribution in [0, 0.1) is 6.92 Å². The van der Waals surface area contributed by atoms with Gasteiger partial charge in [0.05, 0.1) is 5.57 Å². The Morgan fingerprint density at radius 1 is 0.840 bits per heavy atom. The van der Waals surface area contributed by atoms with Gasteiger partial charge in [0, 0.05) is 15.3 Å². The summed E-state index contributed by atoms with van der Waals surface area (Å²) in [5.74, 6) is 0.303. The molecule has 0 fully saturated rings. The van der Waals surface area contributed by atoms with Crippen molar-refractivity contribution in [3.8, 4) is 11.1 Å². The summed E-state index contributed by atoms with van der Waals surface area (Å²) in [6.45, 7) is 2.05. The van der Waals surface area contributed by atoms with Gasteiger partial charge in [0.25, 0.3) is 0 Å². The van der Waals surface area contributed by atoms with E-state index in [1.165, 1.54) is 10.4 Å². The lowest BCUT2D eigenvalue weighted by molar-refractivity contribution is -0.130. The van der Waals surface area contributed by atoms with Crippen LogP contribution >= 0.6 is 11.3 Å². The third-order valence-corrected chi connectivity index (χ3v) is 5.01. The molecule has 0 radical (unpaired) electrons. The summed E-state index contributed by atoms with van der Waals surface area (Å²) in [5, 5.41) is 0. The lowest BCUT2D eigenvalue weighted by atomic mass is 10.0. The Hall–Kier alpha value is -2.91. The zero-order chi connectivity index (χ0) is 17.2. The molecule has 2 heterocycles. The second-order valence-corrected chi connectivity index (χ2v) is 7.21. The van der Waals surface area contributed by atoms with E-state index in [-0.39, 0.29) is 5.97 Å². The molecule has 0 bridgehead atoms. The highest BCUT2D eigenvalue weighted by Crippen LogP contribution is 2.30. The molecule has 0 atom stereocenters. The minimum Gasteiger partial charge on any atom is -0.422 e. The van der Waals surface area contributed by atoms with Crippen molar-refractivity contribution in [1.82, 2.24) is 0 Å². The van der Waals surface area contributed by atoms with Crippen LogP contribution in [0.1, 0.15) is 15.3 Å². The number of hydrogen-bond acceptors (Lipinski definition) is 3. The van der Waals surface area contributed by atoms with Gasteiger partial charge in [-0.3, -0.25) is 0 Å². The number of rotatable bonds is 3. The normalized spacial score (nSPS) is 15.3. The van der Waals surface area contributed by atoms with Crippen LogP contribution in [0.4, 0.5) is 0 Å². The second-order valence-electron chi connectivity index (χ2n) is 5.89. The van der Waals surface area contributed by atoms with Gasteiger partial charge in [0.1, 0.15) is 5.76 Å². The zero-order valence-corrected chi connectivity index (χ0v) is 14.5. The van der Waals surface area contributed by atoms with Crippen molar-refractivity contribution in [3.63, 3.8) is 0 Å². The van der Waals surface area contributed by atoms with E-state index in [0.717, 1.165) is 16.0 Å². The van der Waals surface area contributed by atoms with Gasteiger partial charge in [-0.2, -0.15) is 0 Å². The molecule has 25 heavy (non-hydrogen) atoms. The molecule has 2 aromatic carbocycles. The predicted molar refractivity (Wildman–Crippen MR) is 103 cm³/mol. The third kappa shape index (κ3) is 3.32. The first-order chi connectivity index (χ1) is 12.2. The maximum atomic E-state index is 12.1. The first kappa shape index (κ1) is 15.6. The summed E-state index contributed by atoms with van der Waals surface area (Å²) in [4.78, 5) is 14.4. The number of carbonyl (C=O) groups is 1. The van der Waals surface area contributed by atoms with Crippen LogP contribution in [-0.4, -0.2) is 5.97 Å². The molecule has 0 amide bonds. The molecule has 0 N–H and O–H groups in total. The van der Waals surface area contributed by atoms with Crippen LogP contribution in [0.2, 0.25) is 0 Å². The van der Waals surface area contributed by atoms with Crippen LogP contribution in [0.15, 0.2) is 78.4 Å². The van der Waals surface area contributed by atoms with Crippen molar-refractivity contribution in [2.75, 3.05) is 0 Å². The van der Waals surface area contributed by atoms with E-state index in [0.29, 0.717) is 11.3 Å². The molecule has 0 aliphatic carbocycles. The number of ether oxygens (including phenoxy) is 1. The van der Waals surface area contributed by atoms with E-state index in [9.17, 15) is 4.79 Å². The van der Waals surface area contributed by atoms with Crippen molar-refractivity contribution < 1.29 is 9.53 Å². The molecular weight excluding hydrogens is 328 g/mol. The monoisotopic (exact) mass is 344 g/mol. The van der Waals surface area contributed by atoms with Crippen molar-refractivity contribution in [1.29, 1.82) is 0 Å². The predicted octanol–water partition coefficient (Wildman–Crippen LogP) is 5.70. The first-order valence-electron chi connectivity index (χ1n) is 8.07. The van der Waals surface area contributed by atoms with Gasteiger partial charge in [-0.1, -0.05) is 54.6 Å². The molecule has 122 valence electrons. The van der Waals surface area contributed by atoms with Crippen molar-refractivity contribution in [2.45, 2.75) is 6.92 Å². The highest BCUT2D eigenvalue weighted by Gasteiger charge is 2.22. The molecule has 3 aromatic rings. The van der Waals surface area contributed by atoms with Gasteiger partial charge < -0.3 is 4.74 Å². The van der Waals surface area contributed by atoms with Crippen LogP contribution in [-0.2, 0) is 9.53 Å². The van der Waals surface area contributed by atoms with Gasteiger partial charge in [-0.15, -0.1) is 11.3 Å². The Bertz CT molecular complexity index is 976. The van der Waals surface area contributed by atoms with Crippen LogP contribution in [0.3, 0.4) is 0 Å². The lowest BCUT2D eigenvalue weighted by Crippen LogP contribution is -1.96. The van der Waals surface area contributed by atoms with E-state index in [1.54, 1.807) is 11.3 Å². The molecule has 0 spiro atoms. The average Bonchev–Trinajstić information content (AvgIpc) is 3.22. The number of thiophene rings is 1. The second kappa shape index (κ2) is 6.54. The smallest absolute Gasteiger partial charge is 0.343 e. The van der Waals surface area contributed by atoms with E-state index >= 15 is 0 Å². The summed E-state index contributed by atoms with van der Waals surface area (Å²) < 4.78 is 5.44. The van der Waals surface area contributed by atoms with E-state index in [1.807, 2.05) is 66.7 Å². The highest BCUT2D eigenvalue weighted by molar-refractivity contribution is 7.12. The summed E-state index contributed by atoms with van der Waals surface area (Å²) in [6.07, 6.45) is 3.69. The molecule has 0 saturated carbocycles. The molecule has 1 aromatic heterocycles. The fraction of sp³-hybridized carbons (Fsp3) is 0.0455. The number of aryl methyl sites for hydroxylation is 1. The van der Waals surface area contributed by atoms with Gasteiger partial charge in [0.2, 0.25) is 0 Å². The quantitative estimate of drug-likeness (QED) is 0.450. The Kier molecular flexibility index (Phi) is 4.08. The Morgan fingerprint density at radius 3 is 2.20 bits per heavy atom. The average molecular weight is 344 g/mol. The number of hydrogen-bond donors (Lipinski definition) is 0. The molecule has 4 rings (SSSR count). The van der Waals surface area contributed by atoms with E-state index < -0.39 is 0 Å². The van der Waals surface area contributed by atoms with Crippen molar-refractivity contribution in [3.05, 3.63) is 93.7 Å². The maximum Gasteiger partial charge on any atom is 0.343 e. The van der Waals surface area contributed by atoms with Crippen molar-refractivity contribution in [2.24, 2.45) is 0 Å². The maximum absolute atomic E-state index is 12.1. The van der Waals surface area contributed by atoms with E-state index in [4.69, 9.17) is 4.74 Å². The topological polar surface area (TPSA) is 26.3 Å². The van der Waals surface area contributed by atoms with Gasteiger partial charge >= 0.3 is 5.97 Å². The standard InChI is InChI=1S/C22H16O2S/c1-15-7-12-20(25-15)13-19-14-21(24-22(19)23)18-10-8-17(9-11-18)16-5-3-2-4-6-16/h2-14H,1H3/b19-13+. The molecule has 2 nitrogen and oxygen atoms in total. The molecule has 0 unspecified atom stereocenters. The fourth-order valence-electron chi connectivity index (χ4n) is 2.77. The summed E-state index contributed by atoms with van der Waals surface area (Å²) in [7, 11) is 0. The first-order valence-corrected chi connectivity index (χ1v) is 8.88. The summed E-state index contributed by atoms with van der Waals surface area (Å²) in [6, 6.07) is 22.3. The largest absolute Gasteiger partial charge is 0.422 e. The summed E-state index contributed by atoms with van der Waals surface area (Å²) in [5.41, 5.74) is 3.79. The minimum absolute atomic E-state index is 0.298. The van der Waals surface area contributed by atoms with E-state index in [2.05, 4.69) is 19.1 Å². The lowest BCUT2D eigenvalue weighted by Gasteiger charge is -2.04. The van der Waals surface area contributed by atoms with Gasteiger partial charge in [-0.25, -0.2) is 4.79 Å². The Morgan fingerprint density at radius 2 is 1.52 bits per heavy atom. The van der Waals surface area contributed by atoms with Crippen LogP contribution in [0.5, 0.6) is 0 Å². The summed E-state index contributed by atoms with van der Waals surface area (Å²) >= 11 is 1.66. The molecule has 3 heteroatoms. The number of carbonyl (C=O) groups excluding carboxylic acids is 1. The SMILES string of the molecule is Cc1ccc(/C=C2\C=C(c3ccc(-c4ccccc4)cc3)OC2=O)s1. The van der Waals surface area contributed by atoms with Crippen LogP contribution in [0.25, 0.3) is 23.0 Å².